The highest BCUT2D eigenvalue weighted by atomic mass is 16.5. The lowest BCUT2D eigenvalue weighted by atomic mass is 9.85. The standard InChI is InChI=1S/C10H19NO2/c1-3-8-7-11-6-5-9(8)10(12)13-4-2/h8-9,11H,3-7H2,1-2H3. The van der Waals surface area contributed by atoms with Gasteiger partial charge in [-0.2, -0.15) is 0 Å². The van der Waals surface area contributed by atoms with Crippen LogP contribution in [-0.2, 0) is 9.53 Å². The van der Waals surface area contributed by atoms with E-state index >= 15 is 0 Å². The van der Waals surface area contributed by atoms with E-state index in [9.17, 15) is 4.79 Å². The molecule has 3 nitrogen and oxygen atoms in total. The van der Waals surface area contributed by atoms with Gasteiger partial charge in [-0.05, 0) is 32.4 Å². The Bertz CT molecular complexity index is 170. The molecule has 0 aliphatic carbocycles. The van der Waals surface area contributed by atoms with E-state index in [1.165, 1.54) is 0 Å². The summed E-state index contributed by atoms with van der Waals surface area (Å²) < 4.78 is 5.05. The number of esters is 1. The van der Waals surface area contributed by atoms with Crippen LogP contribution in [0.25, 0.3) is 0 Å². The van der Waals surface area contributed by atoms with Gasteiger partial charge < -0.3 is 10.1 Å². The highest BCUT2D eigenvalue weighted by Gasteiger charge is 2.30. The molecule has 1 saturated heterocycles. The molecule has 1 fully saturated rings. The van der Waals surface area contributed by atoms with E-state index in [0.717, 1.165) is 25.9 Å². The Hall–Kier alpha value is -0.570. The molecule has 0 saturated carbocycles. The Labute approximate surface area is 79.8 Å². The van der Waals surface area contributed by atoms with Crippen molar-refractivity contribution in [3.63, 3.8) is 0 Å². The van der Waals surface area contributed by atoms with Crippen molar-refractivity contribution in [2.24, 2.45) is 11.8 Å². The summed E-state index contributed by atoms with van der Waals surface area (Å²) >= 11 is 0. The second-order valence-electron chi connectivity index (χ2n) is 3.52. The van der Waals surface area contributed by atoms with Gasteiger partial charge in [0, 0.05) is 0 Å². The molecule has 0 bridgehead atoms. The van der Waals surface area contributed by atoms with E-state index in [4.69, 9.17) is 4.74 Å². The number of piperidine rings is 1. The van der Waals surface area contributed by atoms with Crippen molar-refractivity contribution >= 4 is 5.97 Å². The zero-order chi connectivity index (χ0) is 9.68. The van der Waals surface area contributed by atoms with Crippen molar-refractivity contribution in [1.82, 2.24) is 5.32 Å². The monoisotopic (exact) mass is 185 g/mol. The third-order valence-corrected chi connectivity index (χ3v) is 2.72. The van der Waals surface area contributed by atoms with E-state index < -0.39 is 0 Å². The normalized spacial score (nSPS) is 28.5. The number of nitrogens with one attached hydrogen (secondary N) is 1. The Balaban J connectivity index is 2.48. The number of hydrogen-bond acceptors (Lipinski definition) is 3. The van der Waals surface area contributed by atoms with Crippen LogP contribution in [0, 0.1) is 11.8 Å². The average molecular weight is 185 g/mol. The van der Waals surface area contributed by atoms with Gasteiger partial charge in [-0.3, -0.25) is 4.79 Å². The Morgan fingerprint density at radius 1 is 1.54 bits per heavy atom. The van der Waals surface area contributed by atoms with E-state index in [0.29, 0.717) is 12.5 Å². The van der Waals surface area contributed by atoms with Crippen molar-refractivity contribution in [2.45, 2.75) is 26.7 Å². The summed E-state index contributed by atoms with van der Waals surface area (Å²) in [6.45, 7) is 6.39. The molecular weight excluding hydrogens is 166 g/mol. The number of hydrogen-bond donors (Lipinski definition) is 1. The van der Waals surface area contributed by atoms with Gasteiger partial charge in [-0.1, -0.05) is 13.3 Å². The quantitative estimate of drug-likeness (QED) is 0.671. The molecule has 0 aromatic heterocycles. The van der Waals surface area contributed by atoms with Gasteiger partial charge in [-0.25, -0.2) is 0 Å². The van der Waals surface area contributed by atoms with Crippen LogP contribution in [0.2, 0.25) is 0 Å². The van der Waals surface area contributed by atoms with Gasteiger partial charge in [-0.15, -0.1) is 0 Å². The Kier molecular flexibility index (Phi) is 4.22. The fraction of sp³-hybridized carbons (Fsp3) is 0.900. The number of carbonyl (C=O) groups is 1. The summed E-state index contributed by atoms with van der Waals surface area (Å²) in [6, 6.07) is 0. The molecule has 1 aliphatic rings. The van der Waals surface area contributed by atoms with Crippen LogP contribution < -0.4 is 5.32 Å². The van der Waals surface area contributed by atoms with Crippen molar-refractivity contribution in [3.05, 3.63) is 0 Å². The zero-order valence-corrected chi connectivity index (χ0v) is 8.51. The molecule has 2 atom stereocenters. The number of ether oxygens (including phenoxy) is 1. The summed E-state index contributed by atoms with van der Waals surface area (Å²) in [7, 11) is 0. The van der Waals surface area contributed by atoms with Gasteiger partial charge >= 0.3 is 5.97 Å². The van der Waals surface area contributed by atoms with E-state index in [-0.39, 0.29) is 11.9 Å². The lowest BCUT2D eigenvalue weighted by molar-refractivity contribution is -0.151. The van der Waals surface area contributed by atoms with E-state index in [2.05, 4.69) is 12.2 Å². The van der Waals surface area contributed by atoms with Crippen molar-refractivity contribution in [1.29, 1.82) is 0 Å². The van der Waals surface area contributed by atoms with Crippen LogP contribution in [-0.4, -0.2) is 25.7 Å². The Morgan fingerprint density at radius 2 is 2.31 bits per heavy atom. The van der Waals surface area contributed by atoms with Crippen LogP contribution in [0.4, 0.5) is 0 Å². The first-order chi connectivity index (χ1) is 6.29. The molecule has 0 radical (unpaired) electrons. The number of carbonyl (C=O) groups excluding carboxylic acids is 1. The van der Waals surface area contributed by atoms with Gasteiger partial charge in [0.05, 0.1) is 12.5 Å². The lowest BCUT2D eigenvalue weighted by Gasteiger charge is -2.29. The minimum atomic E-state index is -0.00384. The molecule has 1 aliphatic heterocycles. The van der Waals surface area contributed by atoms with Gasteiger partial charge in [0.2, 0.25) is 0 Å². The molecule has 0 spiro atoms. The maximum absolute atomic E-state index is 11.5. The highest BCUT2D eigenvalue weighted by Crippen LogP contribution is 2.23. The first-order valence-corrected chi connectivity index (χ1v) is 5.16. The van der Waals surface area contributed by atoms with Crippen LogP contribution in [0.15, 0.2) is 0 Å². The topological polar surface area (TPSA) is 38.3 Å². The fourth-order valence-electron chi connectivity index (χ4n) is 1.91. The van der Waals surface area contributed by atoms with Crippen LogP contribution >= 0.6 is 0 Å². The summed E-state index contributed by atoms with van der Waals surface area (Å²) in [5.41, 5.74) is 0. The summed E-state index contributed by atoms with van der Waals surface area (Å²) in [6.07, 6.45) is 1.98. The third-order valence-electron chi connectivity index (χ3n) is 2.72. The van der Waals surface area contributed by atoms with Gasteiger partial charge in [0.1, 0.15) is 0 Å². The molecule has 3 heteroatoms. The van der Waals surface area contributed by atoms with Crippen LogP contribution in [0.3, 0.4) is 0 Å². The lowest BCUT2D eigenvalue weighted by Crippen LogP contribution is -2.40. The summed E-state index contributed by atoms with van der Waals surface area (Å²) in [5, 5.41) is 3.30. The smallest absolute Gasteiger partial charge is 0.309 e. The minimum Gasteiger partial charge on any atom is -0.466 e. The molecule has 13 heavy (non-hydrogen) atoms. The molecule has 1 N–H and O–H groups in total. The second kappa shape index (κ2) is 5.22. The largest absolute Gasteiger partial charge is 0.466 e. The molecular formula is C10H19NO2. The summed E-state index contributed by atoms with van der Waals surface area (Å²) in [4.78, 5) is 11.5. The molecule has 0 aromatic rings. The van der Waals surface area contributed by atoms with Crippen molar-refractivity contribution in [2.75, 3.05) is 19.7 Å². The van der Waals surface area contributed by atoms with Crippen LogP contribution in [0.5, 0.6) is 0 Å². The Morgan fingerprint density at radius 3 is 2.92 bits per heavy atom. The predicted octanol–water partition coefficient (Wildman–Crippen LogP) is 1.19. The fourth-order valence-corrected chi connectivity index (χ4v) is 1.91. The zero-order valence-electron chi connectivity index (χ0n) is 8.51. The predicted molar refractivity (Wildman–Crippen MR) is 51.4 cm³/mol. The summed E-state index contributed by atoms with van der Waals surface area (Å²) in [5.74, 6) is 0.592. The molecule has 0 aromatic carbocycles. The van der Waals surface area contributed by atoms with Crippen molar-refractivity contribution in [3.8, 4) is 0 Å². The number of rotatable bonds is 3. The van der Waals surface area contributed by atoms with Gasteiger partial charge in [0.15, 0.2) is 0 Å². The minimum absolute atomic E-state index is 0.00384. The van der Waals surface area contributed by atoms with Crippen LogP contribution in [0.1, 0.15) is 26.7 Å². The molecule has 76 valence electrons. The van der Waals surface area contributed by atoms with E-state index in [1.54, 1.807) is 0 Å². The second-order valence-corrected chi connectivity index (χ2v) is 3.52. The molecule has 1 rings (SSSR count). The maximum atomic E-state index is 11.5. The van der Waals surface area contributed by atoms with Gasteiger partial charge in [0.25, 0.3) is 0 Å². The SMILES string of the molecule is CCOC(=O)C1CCNCC1CC. The third kappa shape index (κ3) is 2.69. The maximum Gasteiger partial charge on any atom is 0.309 e. The van der Waals surface area contributed by atoms with E-state index in [1.807, 2.05) is 6.92 Å². The first kappa shape index (κ1) is 10.5. The first-order valence-electron chi connectivity index (χ1n) is 5.16. The molecule has 0 amide bonds. The molecule has 1 heterocycles. The molecule has 2 unspecified atom stereocenters. The highest BCUT2D eigenvalue weighted by molar-refractivity contribution is 5.72. The average Bonchev–Trinajstić information content (AvgIpc) is 2.18. The van der Waals surface area contributed by atoms with Crippen molar-refractivity contribution < 1.29 is 9.53 Å².